The van der Waals surface area contributed by atoms with Crippen molar-refractivity contribution >= 4 is 16.9 Å². The number of rotatable bonds is 2. The Hall–Kier alpha value is -1.77. The number of aromatic carboxylic acids is 1. The Bertz CT molecular complexity index is 687. The molecule has 0 unspecified atom stereocenters. The van der Waals surface area contributed by atoms with E-state index < -0.39 is 5.97 Å². The highest BCUT2D eigenvalue weighted by molar-refractivity contribution is 5.97. The normalized spacial score (nSPS) is 12.1. The van der Waals surface area contributed by atoms with Gasteiger partial charge in [-0.2, -0.15) is 0 Å². The molecule has 1 N–H and O–H groups in total. The maximum atomic E-state index is 11.4. The third-order valence-electron chi connectivity index (χ3n) is 4.12. The summed E-state index contributed by atoms with van der Waals surface area (Å²) in [6.07, 6.45) is 0.913. The molecule has 3 nitrogen and oxygen atoms in total. The summed E-state index contributed by atoms with van der Waals surface area (Å²) in [7, 11) is 2.06. The first-order valence-corrected chi connectivity index (χ1v) is 7.04. The second kappa shape index (κ2) is 4.65. The minimum atomic E-state index is -0.860. The van der Waals surface area contributed by atoms with Crippen molar-refractivity contribution in [2.75, 3.05) is 0 Å². The molecule has 3 heteroatoms. The van der Waals surface area contributed by atoms with Gasteiger partial charge in [0.1, 0.15) is 0 Å². The highest BCUT2D eigenvalue weighted by atomic mass is 16.4. The quantitative estimate of drug-likeness (QED) is 0.897. The summed E-state index contributed by atoms with van der Waals surface area (Å²) in [5, 5.41) is 10.4. The lowest BCUT2D eigenvalue weighted by Gasteiger charge is -2.22. The molecule has 2 aromatic rings. The molecule has 1 aromatic carbocycles. The molecule has 2 rings (SSSR count). The summed E-state index contributed by atoms with van der Waals surface area (Å²) in [5.74, 6) is -0.860. The Balaban J connectivity index is 3.00. The zero-order valence-corrected chi connectivity index (χ0v) is 13.2. The van der Waals surface area contributed by atoms with E-state index in [2.05, 4.69) is 46.2 Å². The number of nitrogens with zero attached hydrogens (tertiary/aromatic N) is 1. The van der Waals surface area contributed by atoms with E-state index in [9.17, 15) is 9.90 Å². The Morgan fingerprint density at radius 2 is 1.90 bits per heavy atom. The van der Waals surface area contributed by atoms with E-state index in [1.54, 1.807) is 0 Å². The van der Waals surface area contributed by atoms with Crippen molar-refractivity contribution in [2.45, 2.75) is 46.5 Å². The fourth-order valence-corrected chi connectivity index (χ4v) is 2.93. The van der Waals surface area contributed by atoms with Crippen LogP contribution >= 0.6 is 0 Å². The maximum Gasteiger partial charge on any atom is 0.335 e. The van der Waals surface area contributed by atoms with E-state index >= 15 is 0 Å². The molecule has 0 aliphatic carbocycles. The van der Waals surface area contributed by atoms with Crippen LogP contribution in [-0.2, 0) is 18.9 Å². The van der Waals surface area contributed by atoms with Gasteiger partial charge in [0.2, 0.25) is 0 Å². The molecular weight excluding hydrogens is 250 g/mol. The van der Waals surface area contributed by atoms with Crippen LogP contribution in [0.1, 0.15) is 54.9 Å². The van der Waals surface area contributed by atoms with Gasteiger partial charge in [-0.25, -0.2) is 4.79 Å². The van der Waals surface area contributed by atoms with Gasteiger partial charge in [-0.3, -0.25) is 0 Å². The van der Waals surface area contributed by atoms with E-state index in [4.69, 9.17) is 0 Å². The lowest BCUT2D eigenvalue weighted by Crippen LogP contribution is -2.14. The van der Waals surface area contributed by atoms with Crippen LogP contribution in [0.3, 0.4) is 0 Å². The first-order chi connectivity index (χ1) is 9.18. The standard InChI is InChI=1S/C17H23NO2/c1-7-12-10(2)18(6)15-13(12)8-11(16(19)20)9-14(15)17(3,4)5/h8-9H,7H2,1-6H3,(H,19,20). The van der Waals surface area contributed by atoms with Crippen LogP contribution in [0.4, 0.5) is 0 Å². The zero-order chi connectivity index (χ0) is 15.2. The van der Waals surface area contributed by atoms with Crippen LogP contribution in [0.15, 0.2) is 12.1 Å². The number of aromatic nitrogens is 1. The van der Waals surface area contributed by atoms with Crippen molar-refractivity contribution < 1.29 is 9.90 Å². The molecule has 0 saturated heterocycles. The predicted octanol–water partition coefficient (Wildman–Crippen LogP) is 4.04. The van der Waals surface area contributed by atoms with Crippen LogP contribution in [0.5, 0.6) is 0 Å². The summed E-state index contributed by atoms with van der Waals surface area (Å²) in [4.78, 5) is 11.4. The highest BCUT2D eigenvalue weighted by Gasteiger charge is 2.24. The maximum absolute atomic E-state index is 11.4. The lowest BCUT2D eigenvalue weighted by atomic mass is 9.84. The van der Waals surface area contributed by atoms with Gasteiger partial charge in [-0.1, -0.05) is 27.7 Å². The van der Waals surface area contributed by atoms with E-state index in [-0.39, 0.29) is 5.41 Å². The third-order valence-corrected chi connectivity index (χ3v) is 4.12. The highest BCUT2D eigenvalue weighted by Crippen LogP contribution is 2.35. The number of benzene rings is 1. The average molecular weight is 273 g/mol. The summed E-state index contributed by atoms with van der Waals surface area (Å²) < 4.78 is 2.19. The number of carboxylic acids is 1. The minimum absolute atomic E-state index is 0.0900. The average Bonchev–Trinajstić information content (AvgIpc) is 2.59. The monoisotopic (exact) mass is 273 g/mol. The number of hydrogen-bond donors (Lipinski definition) is 1. The zero-order valence-electron chi connectivity index (χ0n) is 13.2. The minimum Gasteiger partial charge on any atom is -0.478 e. The molecule has 1 heterocycles. The van der Waals surface area contributed by atoms with Crippen molar-refractivity contribution in [2.24, 2.45) is 7.05 Å². The molecule has 0 atom stereocenters. The van der Waals surface area contributed by atoms with Crippen LogP contribution in [0.25, 0.3) is 10.9 Å². The number of carboxylic acid groups (broad SMARTS) is 1. The molecule has 0 spiro atoms. The van der Waals surface area contributed by atoms with Crippen molar-refractivity contribution in [1.29, 1.82) is 0 Å². The topological polar surface area (TPSA) is 42.2 Å². The first kappa shape index (κ1) is 14.6. The van der Waals surface area contributed by atoms with Gasteiger partial charge in [0.25, 0.3) is 0 Å². The second-order valence-corrected chi connectivity index (χ2v) is 6.45. The molecule has 0 bridgehead atoms. The second-order valence-electron chi connectivity index (χ2n) is 6.45. The Morgan fingerprint density at radius 1 is 1.30 bits per heavy atom. The molecule has 1 aromatic heterocycles. The Morgan fingerprint density at radius 3 is 2.35 bits per heavy atom. The SMILES string of the molecule is CCc1c(C)n(C)c2c(C(C)(C)C)cc(C(=O)O)cc12. The Kier molecular flexibility index (Phi) is 3.41. The first-order valence-electron chi connectivity index (χ1n) is 7.04. The van der Waals surface area contributed by atoms with Crippen molar-refractivity contribution in [3.05, 3.63) is 34.5 Å². The molecule has 20 heavy (non-hydrogen) atoms. The van der Waals surface area contributed by atoms with Crippen LogP contribution < -0.4 is 0 Å². The molecule has 0 fully saturated rings. The summed E-state index contributed by atoms with van der Waals surface area (Å²) >= 11 is 0. The van der Waals surface area contributed by atoms with E-state index in [1.807, 2.05) is 12.1 Å². The molecule has 0 saturated carbocycles. The summed E-state index contributed by atoms with van der Waals surface area (Å²) in [6.45, 7) is 10.6. The van der Waals surface area contributed by atoms with Crippen molar-refractivity contribution in [3.8, 4) is 0 Å². The molecule has 0 radical (unpaired) electrons. The fraction of sp³-hybridized carbons (Fsp3) is 0.471. The predicted molar refractivity (Wildman–Crippen MR) is 82.7 cm³/mol. The van der Waals surface area contributed by atoms with Gasteiger partial charge in [-0.05, 0) is 42.0 Å². The van der Waals surface area contributed by atoms with E-state index in [0.29, 0.717) is 5.56 Å². The van der Waals surface area contributed by atoms with Gasteiger partial charge in [0.05, 0.1) is 11.1 Å². The molecule has 0 aliphatic rings. The fourth-order valence-electron chi connectivity index (χ4n) is 2.93. The van der Waals surface area contributed by atoms with Crippen molar-refractivity contribution in [3.63, 3.8) is 0 Å². The molecule has 108 valence electrons. The van der Waals surface area contributed by atoms with Crippen LogP contribution in [0, 0.1) is 6.92 Å². The number of aryl methyl sites for hydroxylation is 2. The number of fused-ring (bicyclic) bond motifs is 1. The van der Waals surface area contributed by atoms with E-state index in [0.717, 1.165) is 22.9 Å². The van der Waals surface area contributed by atoms with Crippen molar-refractivity contribution in [1.82, 2.24) is 4.57 Å². The van der Waals surface area contributed by atoms with Crippen LogP contribution in [0.2, 0.25) is 0 Å². The molecular formula is C17H23NO2. The summed E-state index contributed by atoms with van der Waals surface area (Å²) in [6, 6.07) is 3.64. The number of carbonyl (C=O) groups is 1. The number of hydrogen-bond acceptors (Lipinski definition) is 1. The smallest absolute Gasteiger partial charge is 0.335 e. The Labute approximate surface area is 120 Å². The third kappa shape index (κ3) is 2.11. The van der Waals surface area contributed by atoms with Gasteiger partial charge >= 0.3 is 5.97 Å². The largest absolute Gasteiger partial charge is 0.478 e. The summed E-state index contributed by atoms with van der Waals surface area (Å²) in [5.41, 5.74) is 5.01. The van der Waals surface area contributed by atoms with Gasteiger partial charge in [0.15, 0.2) is 0 Å². The van der Waals surface area contributed by atoms with Crippen LogP contribution in [-0.4, -0.2) is 15.6 Å². The van der Waals surface area contributed by atoms with Gasteiger partial charge in [-0.15, -0.1) is 0 Å². The molecule has 0 aliphatic heterocycles. The lowest BCUT2D eigenvalue weighted by molar-refractivity contribution is 0.0697. The van der Waals surface area contributed by atoms with Gasteiger partial charge in [0, 0.05) is 18.1 Å². The van der Waals surface area contributed by atoms with E-state index in [1.165, 1.54) is 11.3 Å². The molecule has 0 amide bonds. The van der Waals surface area contributed by atoms with Gasteiger partial charge < -0.3 is 9.67 Å².